The molecule has 0 unspecified atom stereocenters. The monoisotopic (exact) mass is 326 g/mol. The quantitative estimate of drug-likeness (QED) is 0.795. The van der Waals surface area contributed by atoms with Crippen LogP contribution in [0.5, 0.6) is 0 Å². The molecular weight excluding hydrogens is 304 g/mol. The second-order valence-electron chi connectivity index (χ2n) is 5.32. The molecule has 0 heterocycles. The van der Waals surface area contributed by atoms with Crippen LogP contribution in [0.1, 0.15) is 22.8 Å². The van der Waals surface area contributed by atoms with Crippen LogP contribution in [-0.4, -0.2) is 37.0 Å². The normalized spacial score (nSPS) is 10.1. The van der Waals surface area contributed by atoms with Gasteiger partial charge in [0.05, 0.1) is 19.2 Å². The summed E-state index contributed by atoms with van der Waals surface area (Å²) < 4.78 is 4.66. The summed E-state index contributed by atoms with van der Waals surface area (Å²) in [5, 5.41) is 3.09. The average Bonchev–Trinajstić information content (AvgIpc) is 2.64. The summed E-state index contributed by atoms with van der Waals surface area (Å²) in [5.41, 5.74) is 2.37. The molecule has 0 saturated heterocycles. The first kappa shape index (κ1) is 17.5. The summed E-state index contributed by atoms with van der Waals surface area (Å²) >= 11 is 0. The molecule has 0 aromatic heterocycles. The van der Waals surface area contributed by atoms with Crippen LogP contribution in [0.2, 0.25) is 0 Å². The van der Waals surface area contributed by atoms with E-state index in [4.69, 9.17) is 0 Å². The minimum atomic E-state index is -0.377. The number of hydrogen-bond donors (Lipinski definition) is 1. The summed E-state index contributed by atoms with van der Waals surface area (Å²) in [4.78, 5) is 25.5. The van der Waals surface area contributed by atoms with Gasteiger partial charge in [-0.1, -0.05) is 30.3 Å². The molecule has 2 rings (SSSR count). The molecular formula is C19H22N2O3. The van der Waals surface area contributed by atoms with E-state index in [1.165, 1.54) is 7.11 Å². The highest BCUT2D eigenvalue weighted by atomic mass is 16.5. The SMILES string of the molecule is CCN(Cc1ccccc1)C(=O)CNc1ccc(C(=O)OC)cc1. The second kappa shape index (κ2) is 8.72. The van der Waals surface area contributed by atoms with Crippen LogP contribution >= 0.6 is 0 Å². The van der Waals surface area contributed by atoms with Crippen molar-refractivity contribution < 1.29 is 14.3 Å². The summed E-state index contributed by atoms with van der Waals surface area (Å²) in [6, 6.07) is 16.8. The summed E-state index contributed by atoms with van der Waals surface area (Å²) in [6.45, 7) is 3.42. The molecule has 2 aromatic carbocycles. The Morgan fingerprint density at radius 2 is 1.71 bits per heavy atom. The minimum absolute atomic E-state index is 0.0263. The van der Waals surface area contributed by atoms with Crippen molar-refractivity contribution in [2.24, 2.45) is 0 Å². The van der Waals surface area contributed by atoms with Crippen LogP contribution in [0.4, 0.5) is 5.69 Å². The fraction of sp³-hybridized carbons (Fsp3) is 0.263. The van der Waals surface area contributed by atoms with Crippen molar-refractivity contribution >= 4 is 17.6 Å². The van der Waals surface area contributed by atoms with E-state index in [9.17, 15) is 9.59 Å². The average molecular weight is 326 g/mol. The van der Waals surface area contributed by atoms with Crippen LogP contribution in [0.3, 0.4) is 0 Å². The number of methoxy groups -OCH3 is 1. The third kappa shape index (κ3) is 4.84. The van der Waals surface area contributed by atoms with Crippen LogP contribution < -0.4 is 5.32 Å². The van der Waals surface area contributed by atoms with Gasteiger partial charge in [0.15, 0.2) is 0 Å². The standard InChI is InChI=1S/C19H22N2O3/c1-3-21(14-15-7-5-4-6-8-15)18(22)13-20-17-11-9-16(10-12-17)19(23)24-2/h4-12,20H,3,13-14H2,1-2H3. The van der Waals surface area contributed by atoms with Gasteiger partial charge in [0.2, 0.25) is 5.91 Å². The number of anilines is 1. The van der Waals surface area contributed by atoms with Gasteiger partial charge in [-0.2, -0.15) is 0 Å². The lowest BCUT2D eigenvalue weighted by atomic mass is 10.2. The summed E-state index contributed by atoms with van der Waals surface area (Å²) in [6.07, 6.45) is 0. The number of nitrogens with zero attached hydrogens (tertiary/aromatic N) is 1. The first-order valence-corrected chi connectivity index (χ1v) is 7.88. The maximum atomic E-state index is 12.4. The molecule has 5 heteroatoms. The van der Waals surface area contributed by atoms with Crippen molar-refractivity contribution in [3.63, 3.8) is 0 Å². The minimum Gasteiger partial charge on any atom is -0.465 e. The van der Waals surface area contributed by atoms with E-state index in [1.807, 2.05) is 37.3 Å². The largest absolute Gasteiger partial charge is 0.465 e. The molecule has 0 saturated carbocycles. The van der Waals surface area contributed by atoms with Crippen molar-refractivity contribution in [1.29, 1.82) is 0 Å². The van der Waals surface area contributed by atoms with Gasteiger partial charge in [-0.25, -0.2) is 4.79 Å². The molecule has 1 amide bonds. The van der Waals surface area contributed by atoms with E-state index in [0.29, 0.717) is 18.7 Å². The number of rotatable bonds is 7. The third-order valence-corrected chi connectivity index (χ3v) is 3.70. The molecule has 0 aliphatic heterocycles. The van der Waals surface area contributed by atoms with Crippen LogP contribution in [0.15, 0.2) is 54.6 Å². The number of benzene rings is 2. The van der Waals surface area contributed by atoms with Gasteiger partial charge in [-0.05, 0) is 36.8 Å². The third-order valence-electron chi connectivity index (χ3n) is 3.70. The van der Waals surface area contributed by atoms with Gasteiger partial charge in [0.25, 0.3) is 0 Å². The molecule has 5 nitrogen and oxygen atoms in total. The fourth-order valence-corrected chi connectivity index (χ4v) is 2.31. The zero-order chi connectivity index (χ0) is 17.4. The number of amides is 1. The highest BCUT2D eigenvalue weighted by molar-refractivity contribution is 5.89. The van der Waals surface area contributed by atoms with E-state index in [2.05, 4.69) is 10.1 Å². The zero-order valence-electron chi connectivity index (χ0n) is 14.0. The van der Waals surface area contributed by atoms with Gasteiger partial charge in [-0.3, -0.25) is 4.79 Å². The van der Waals surface area contributed by atoms with E-state index < -0.39 is 0 Å². The summed E-state index contributed by atoms with van der Waals surface area (Å²) in [5.74, 6) is -0.351. The molecule has 1 N–H and O–H groups in total. The Hall–Kier alpha value is -2.82. The predicted octanol–water partition coefficient (Wildman–Crippen LogP) is 2.93. The Morgan fingerprint density at radius 3 is 2.29 bits per heavy atom. The Kier molecular flexibility index (Phi) is 6.37. The van der Waals surface area contributed by atoms with E-state index >= 15 is 0 Å². The van der Waals surface area contributed by atoms with Crippen LogP contribution in [0, 0.1) is 0 Å². The molecule has 0 atom stereocenters. The topological polar surface area (TPSA) is 58.6 Å². The smallest absolute Gasteiger partial charge is 0.337 e. The number of ether oxygens (including phenoxy) is 1. The number of carbonyl (C=O) groups is 2. The lowest BCUT2D eigenvalue weighted by molar-refractivity contribution is -0.129. The molecule has 0 bridgehead atoms. The van der Waals surface area contributed by atoms with Crippen molar-refractivity contribution in [2.45, 2.75) is 13.5 Å². The molecule has 0 fully saturated rings. The molecule has 24 heavy (non-hydrogen) atoms. The van der Waals surface area contributed by atoms with Gasteiger partial charge in [-0.15, -0.1) is 0 Å². The van der Waals surface area contributed by atoms with Gasteiger partial charge in [0.1, 0.15) is 0 Å². The lowest BCUT2D eigenvalue weighted by Gasteiger charge is -2.21. The van der Waals surface area contributed by atoms with Crippen molar-refractivity contribution in [3.8, 4) is 0 Å². The van der Waals surface area contributed by atoms with Crippen molar-refractivity contribution in [1.82, 2.24) is 4.90 Å². The predicted molar refractivity (Wildman–Crippen MR) is 93.8 cm³/mol. The van der Waals surface area contributed by atoms with Crippen LogP contribution in [0.25, 0.3) is 0 Å². The Labute approximate surface area is 142 Å². The molecule has 0 aliphatic rings. The molecule has 0 aliphatic carbocycles. The van der Waals surface area contributed by atoms with E-state index in [0.717, 1.165) is 11.3 Å². The molecule has 2 aromatic rings. The number of hydrogen-bond acceptors (Lipinski definition) is 4. The molecule has 126 valence electrons. The van der Waals surface area contributed by atoms with Crippen molar-refractivity contribution in [2.75, 3.05) is 25.5 Å². The number of esters is 1. The molecule has 0 spiro atoms. The maximum Gasteiger partial charge on any atom is 0.337 e. The second-order valence-corrected chi connectivity index (χ2v) is 5.32. The van der Waals surface area contributed by atoms with Gasteiger partial charge in [0, 0.05) is 18.8 Å². The number of carbonyl (C=O) groups excluding carboxylic acids is 2. The summed E-state index contributed by atoms with van der Waals surface area (Å²) in [7, 11) is 1.35. The highest BCUT2D eigenvalue weighted by Crippen LogP contribution is 2.11. The van der Waals surface area contributed by atoms with E-state index in [1.54, 1.807) is 29.2 Å². The Bertz CT molecular complexity index is 669. The first-order chi connectivity index (χ1) is 11.6. The first-order valence-electron chi connectivity index (χ1n) is 7.88. The number of likely N-dealkylation sites (N-methyl/N-ethyl adjacent to an activating group) is 1. The zero-order valence-corrected chi connectivity index (χ0v) is 14.0. The van der Waals surface area contributed by atoms with Gasteiger partial charge >= 0.3 is 5.97 Å². The van der Waals surface area contributed by atoms with Crippen LogP contribution in [-0.2, 0) is 16.1 Å². The maximum absolute atomic E-state index is 12.4. The number of nitrogens with one attached hydrogen (secondary N) is 1. The highest BCUT2D eigenvalue weighted by Gasteiger charge is 2.12. The fourth-order valence-electron chi connectivity index (χ4n) is 2.31. The van der Waals surface area contributed by atoms with Gasteiger partial charge < -0.3 is 15.0 Å². The molecule has 0 radical (unpaired) electrons. The van der Waals surface area contributed by atoms with Crippen molar-refractivity contribution in [3.05, 3.63) is 65.7 Å². The van der Waals surface area contributed by atoms with E-state index in [-0.39, 0.29) is 18.4 Å². The lowest BCUT2D eigenvalue weighted by Crippen LogP contribution is -2.34. The Balaban J connectivity index is 1.90. The Morgan fingerprint density at radius 1 is 1.04 bits per heavy atom.